The number of nitrogens with zero attached hydrogens (tertiary/aromatic N) is 1. The quantitative estimate of drug-likeness (QED) is 0.163. The van der Waals surface area contributed by atoms with Gasteiger partial charge in [-0.25, -0.2) is 0 Å². The van der Waals surface area contributed by atoms with Gasteiger partial charge >= 0.3 is 18.9 Å². The Labute approximate surface area is 282 Å². The molecule has 0 fully saturated rings. The number of carboxylic acid groups (broad SMARTS) is 1. The van der Waals surface area contributed by atoms with E-state index in [2.05, 4.69) is 22.3 Å². The van der Waals surface area contributed by atoms with Gasteiger partial charge in [0.1, 0.15) is 0 Å². The van der Waals surface area contributed by atoms with Crippen molar-refractivity contribution >= 4 is 35.1 Å². The van der Waals surface area contributed by atoms with Gasteiger partial charge in [-0.15, -0.1) is 0 Å². The van der Waals surface area contributed by atoms with Gasteiger partial charge in [0.25, 0.3) is 5.91 Å². The SMILES string of the molecule is CCCC(=O)c1ccc(N(Cc2ccccc2)Cc2ccc(C(=O)N[C@@H](CCSC)C(=O)[O-])c(-c3ccccc3C)c2)cc1.[Li+]. The molecule has 0 aliphatic rings. The van der Waals surface area contributed by atoms with E-state index < -0.39 is 17.9 Å². The predicted molar refractivity (Wildman–Crippen MR) is 178 cm³/mol. The Balaban J connectivity index is 0.00000552. The van der Waals surface area contributed by atoms with Gasteiger partial charge in [0, 0.05) is 36.3 Å². The molecule has 0 aromatic heterocycles. The van der Waals surface area contributed by atoms with Crippen molar-refractivity contribution in [3.05, 3.63) is 125 Å². The molecule has 1 N–H and O–H groups in total. The van der Waals surface area contributed by atoms with Crippen LogP contribution in [0.4, 0.5) is 5.69 Å². The molecule has 228 valence electrons. The van der Waals surface area contributed by atoms with Gasteiger partial charge in [0.05, 0.1) is 12.0 Å². The van der Waals surface area contributed by atoms with Gasteiger partial charge in [-0.1, -0.05) is 67.6 Å². The number of amides is 1. The largest absolute Gasteiger partial charge is 1.00 e. The molecule has 4 aromatic rings. The first-order valence-corrected chi connectivity index (χ1v) is 16.3. The Morgan fingerprint density at radius 3 is 2.16 bits per heavy atom. The van der Waals surface area contributed by atoms with Gasteiger partial charge in [-0.2, -0.15) is 11.8 Å². The molecular formula is C37H39LiN2O4S. The Hall–Kier alpha value is -3.76. The van der Waals surface area contributed by atoms with Crippen molar-refractivity contribution in [2.24, 2.45) is 0 Å². The maximum Gasteiger partial charge on any atom is 1.00 e. The molecule has 0 aliphatic heterocycles. The number of rotatable bonds is 15. The van der Waals surface area contributed by atoms with Crippen molar-refractivity contribution in [2.45, 2.75) is 52.2 Å². The third-order valence-electron chi connectivity index (χ3n) is 7.59. The number of Topliss-reactive ketones (excluding diaryl/α,β-unsaturated/α-hetero) is 1. The minimum atomic E-state index is -1.29. The molecule has 0 saturated heterocycles. The van der Waals surface area contributed by atoms with Crippen molar-refractivity contribution in [2.75, 3.05) is 16.9 Å². The summed E-state index contributed by atoms with van der Waals surface area (Å²) in [7, 11) is 0. The Morgan fingerprint density at radius 2 is 1.51 bits per heavy atom. The zero-order chi connectivity index (χ0) is 31.5. The molecule has 45 heavy (non-hydrogen) atoms. The van der Waals surface area contributed by atoms with Crippen molar-refractivity contribution in [1.82, 2.24) is 5.32 Å². The molecule has 0 unspecified atom stereocenters. The molecule has 0 heterocycles. The average molecular weight is 615 g/mol. The number of thioether (sulfide) groups is 1. The van der Waals surface area contributed by atoms with E-state index in [1.807, 2.05) is 99.0 Å². The number of benzene rings is 4. The van der Waals surface area contributed by atoms with Crippen LogP contribution in [-0.4, -0.2) is 35.7 Å². The van der Waals surface area contributed by atoms with E-state index in [4.69, 9.17) is 0 Å². The number of hydrogen-bond acceptors (Lipinski definition) is 6. The number of ketones is 1. The number of aryl methyl sites for hydroxylation is 1. The van der Waals surface area contributed by atoms with E-state index in [1.54, 1.807) is 6.07 Å². The summed E-state index contributed by atoms with van der Waals surface area (Å²) in [6, 6.07) is 30.5. The maximum atomic E-state index is 13.5. The van der Waals surface area contributed by atoms with Gasteiger partial charge in [0.15, 0.2) is 5.78 Å². The van der Waals surface area contributed by atoms with Crippen molar-refractivity contribution in [3.8, 4) is 11.1 Å². The van der Waals surface area contributed by atoms with Crippen molar-refractivity contribution in [3.63, 3.8) is 0 Å². The fourth-order valence-corrected chi connectivity index (χ4v) is 5.67. The summed E-state index contributed by atoms with van der Waals surface area (Å²) >= 11 is 1.52. The molecule has 8 heteroatoms. The smallest absolute Gasteiger partial charge is 0.548 e. The topological polar surface area (TPSA) is 89.5 Å². The Morgan fingerprint density at radius 1 is 0.844 bits per heavy atom. The number of anilines is 1. The summed E-state index contributed by atoms with van der Waals surface area (Å²) < 4.78 is 0. The van der Waals surface area contributed by atoms with Crippen LogP contribution in [0.1, 0.15) is 63.6 Å². The third kappa shape index (κ3) is 9.86. The number of hydrogen-bond donors (Lipinski definition) is 1. The minimum absolute atomic E-state index is 0. The van der Waals surface area contributed by atoms with Crippen molar-refractivity contribution < 1.29 is 38.4 Å². The van der Waals surface area contributed by atoms with E-state index in [-0.39, 0.29) is 31.1 Å². The van der Waals surface area contributed by atoms with Crippen LogP contribution >= 0.6 is 11.8 Å². The second-order valence-corrected chi connectivity index (χ2v) is 11.9. The van der Waals surface area contributed by atoms with Crippen LogP contribution < -0.4 is 34.2 Å². The van der Waals surface area contributed by atoms with Gasteiger partial charge in [-0.3, -0.25) is 9.59 Å². The van der Waals surface area contributed by atoms with E-state index in [9.17, 15) is 19.5 Å². The summed E-state index contributed by atoms with van der Waals surface area (Å²) in [5.74, 6) is -1.01. The van der Waals surface area contributed by atoms with Crippen LogP contribution in [0.2, 0.25) is 0 Å². The first-order chi connectivity index (χ1) is 21.3. The van der Waals surface area contributed by atoms with Gasteiger partial charge < -0.3 is 20.1 Å². The van der Waals surface area contributed by atoms with E-state index >= 15 is 0 Å². The van der Waals surface area contributed by atoms with Crippen LogP contribution in [0.15, 0.2) is 97.1 Å². The molecular weight excluding hydrogens is 575 g/mol. The zero-order valence-corrected chi connectivity index (χ0v) is 27.4. The number of nitrogens with one attached hydrogen (secondary N) is 1. The summed E-state index contributed by atoms with van der Waals surface area (Å²) in [5, 5.41) is 14.5. The monoisotopic (exact) mass is 614 g/mol. The molecule has 6 nitrogen and oxygen atoms in total. The third-order valence-corrected chi connectivity index (χ3v) is 8.23. The molecule has 0 spiro atoms. The van der Waals surface area contributed by atoms with E-state index in [1.165, 1.54) is 11.8 Å². The molecule has 0 radical (unpaired) electrons. The van der Waals surface area contributed by atoms with Gasteiger partial charge in [-0.05, 0) is 96.0 Å². The maximum absolute atomic E-state index is 13.5. The van der Waals surface area contributed by atoms with Crippen LogP contribution in [0, 0.1) is 6.92 Å². The number of carbonyl (C=O) groups is 3. The molecule has 0 saturated carbocycles. The van der Waals surface area contributed by atoms with E-state index in [0.717, 1.165) is 39.9 Å². The molecule has 4 rings (SSSR count). The Bertz CT molecular complexity index is 1580. The fourth-order valence-electron chi connectivity index (χ4n) is 5.20. The average Bonchev–Trinajstić information content (AvgIpc) is 3.03. The van der Waals surface area contributed by atoms with Crippen LogP contribution in [0.25, 0.3) is 11.1 Å². The number of aliphatic carboxylic acids is 1. The predicted octanol–water partition coefficient (Wildman–Crippen LogP) is 3.46. The molecule has 1 atom stereocenters. The van der Waals surface area contributed by atoms with E-state index in [0.29, 0.717) is 36.4 Å². The molecule has 0 bridgehead atoms. The Kier molecular flexibility index (Phi) is 14.0. The summed E-state index contributed by atoms with van der Waals surface area (Å²) in [5.41, 5.74) is 6.87. The normalized spacial score (nSPS) is 11.3. The van der Waals surface area contributed by atoms with Crippen LogP contribution in [0.3, 0.4) is 0 Å². The molecule has 1 amide bonds. The second-order valence-electron chi connectivity index (χ2n) is 10.9. The first-order valence-electron chi connectivity index (χ1n) is 14.9. The first kappa shape index (κ1) is 35.7. The molecule has 4 aromatic carbocycles. The summed E-state index contributed by atoms with van der Waals surface area (Å²) in [4.78, 5) is 40.0. The van der Waals surface area contributed by atoms with Crippen LogP contribution in [0.5, 0.6) is 0 Å². The molecule has 0 aliphatic carbocycles. The number of carbonyl (C=O) groups excluding carboxylic acids is 3. The second kappa shape index (κ2) is 17.7. The minimum Gasteiger partial charge on any atom is -0.548 e. The van der Waals surface area contributed by atoms with Gasteiger partial charge in [0.2, 0.25) is 0 Å². The standard InChI is InChI=1S/C37H40N2O4S.Li/c1-4-10-35(40)29-16-18-30(19-17-29)39(24-27-12-6-5-7-13-27)25-28-15-20-32(33(23-28)31-14-9-8-11-26(31)2)36(41)38-34(37(42)43)21-22-44-3;/h5-9,11-20,23,34H,4,10,21-22,24-25H2,1-3H3,(H,38,41)(H,42,43);/q;+1/p-1/t34-;/m0./s1. The zero-order valence-electron chi connectivity index (χ0n) is 26.5. The number of carboxylic acids is 1. The van der Waals surface area contributed by atoms with Crippen molar-refractivity contribution in [1.29, 1.82) is 0 Å². The van der Waals surface area contributed by atoms with Crippen LogP contribution in [-0.2, 0) is 17.9 Å². The summed E-state index contributed by atoms with van der Waals surface area (Å²) in [6.45, 7) is 5.19. The summed E-state index contributed by atoms with van der Waals surface area (Å²) in [6.07, 6.45) is 3.51. The fraction of sp³-hybridized carbons (Fsp3) is 0.270.